The van der Waals surface area contributed by atoms with Crippen LogP contribution in [-0.2, 0) is 0 Å². The summed E-state index contributed by atoms with van der Waals surface area (Å²) in [5.74, 6) is 2.19. The van der Waals surface area contributed by atoms with Crippen molar-refractivity contribution in [1.82, 2.24) is 40.3 Å². The van der Waals surface area contributed by atoms with Gasteiger partial charge < -0.3 is 14.2 Å². The second-order valence-electron chi connectivity index (χ2n) is 10.1. The number of fused-ring (bicyclic) bond motifs is 4. The molecular weight excluding hydrogens is 568 g/mol. The molecule has 2 N–H and O–H groups in total. The summed E-state index contributed by atoms with van der Waals surface area (Å²) in [7, 11) is 3.23. The van der Waals surface area contributed by atoms with Crippen molar-refractivity contribution in [1.29, 1.82) is 0 Å². The second-order valence-corrected chi connectivity index (χ2v) is 10.1. The minimum atomic E-state index is 0.644. The summed E-state index contributed by atoms with van der Waals surface area (Å²) in [5.41, 5.74) is 8.78. The Bertz CT molecular complexity index is 2300. The van der Waals surface area contributed by atoms with Crippen LogP contribution >= 0.6 is 0 Å². The Hall–Kier alpha value is -6.10. The number of aromatic nitrogens is 8. The predicted molar refractivity (Wildman–Crippen MR) is 174 cm³/mol. The van der Waals surface area contributed by atoms with Gasteiger partial charge in [0.05, 0.1) is 90.1 Å². The van der Waals surface area contributed by atoms with Crippen molar-refractivity contribution in [2.24, 2.45) is 0 Å². The van der Waals surface area contributed by atoms with Crippen molar-refractivity contribution in [2.75, 3.05) is 20.8 Å². The fourth-order valence-corrected chi connectivity index (χ4v) is 5.09. The third-order valence-corrected chi connectivity index (χ3v) is 7.32. The average molecular weight is 597 g/mol. The topological polar surface area (TPSA) is 137 Å². The van der Waals surface area contributed by atoms with E-state index in [0.717, 1.165) is 72.1 Å². The second kappa shape index (κ2) is 11.9. The zero-order chi connectivity index (χ0) is 30.8. The summed E-state index contributed by atoms with van der Waals surface area (Å²) < 4.78 is 16.2. The monoisotopic (exact) mass is 596 g/mol. The Kier molecular flexibility index (Phi) is 7.32. The van der Waals surface area contributed by atoms with Gasteiger partial charge in [-0.2, -0.15) is 10.2 Å². The first kappa shape index (κ1) is 27.7. The molecule has 4 aromatic heterocycles. The predicted octanol–water partition coefficient (Wildman–Crippen LogP) is 6.76. The maximum Gasteiger partial charge on any atom is 0.161 e. The number of methoxy groups -OCH3 is 2. The number of ether oxygens (including phenoxy) is 3. The molecule has 0 aliphatic rings. The lowest BCUT2D eigenvalue weighted by Crippen LogP contribution is -1.93. The molecule has 0 fully saturated rings. The van der Waals surface area contributed by atoms with Crippen LogP contribution in [0.4, 0.5) is 0 Å². The molecule has 0 radical (unpaired) electrons. The summed E-state index contributed by atoms with van der Waals surface area (Å²) in [6.07, 6.45) is 7.11. The van der Waals surface area contributed by atoms with E-state index in [2.05, 4.69) is 30.4 Å². The van der Waals surface area contributed by atoms with E-state index in [1.54, 1.807) is 39.0 Å². The van der Waals surface area contributed by atoms with Crippen LogP contribution in [0.25, 0.3) is 66.4 Å². The van der Waals surface area contributed by atoms with E-state index in [1.165, 1.54) is 0 Å². The lowest BCUT2D eigenvalue weighted by molar-refractivity contribution is 0.340. The van der Waals surface area contributed by atoms with Crippen LogP contribution in [0.3, 0.4) is 0 Å². The zero-order valence-electron chi connectivity index (χ0n) is 24.8. The minimum absolute atomic E-state index is 0.644. The molecule has 4 heterocycles. The minimum Gasteiger partial charge on any atom is -0.494 e. The van der Waals surface area contributed by atoms with Gasteiger partial charge in [-0.05, 0) is 61.5 Å². The van der Waals surface area contributed by atoms with Gasteiger partial charge in [0.25, 0.3) is 0 Å². The molecule has 11 heteroatoms. The zero-order valence-corrected chi connectivity index (χ0v) is 24.8. The summed E-state index contributed by atoms with van der Waals surface area (Å²) in [6, 6.07) is 21.5. The maximum atomic E-state index is 5.54. The van der Waals surface area contributed by atoms with Gasteiger partial charge in [-0.1, -0.05) is 12.1 Å². The van der Waals surface area contributed by atoms with Crippen LogP contribution in [-0.4, -0.2) is 61.2 Å². The largest absolute Gasteiger partial charge is 0.494 e. The molecule has 8 aromatic rings. The highest BCUT2D eigenvalue weighted by molar-refractivity contribution is 5.94. The molecule has 0 saturated carbocycles. The van der Waals surface area contributed by atoms with Gasteiger partial charge in [0.1, 0.15) is 5.75 Å². The molecule has 0 bridgehead atoms. The molecule has 0 unspecified atom stereocenters. The number of hydrogen-bond acceptors (Lipinski definition) is 9. The van der Waals surface area contributed by atoms with Gasteiger partial charge in [-0.15, -0.1) is 0 Å². The molecular formula is C34H28N8O3. The molecule has 45 heavy (non-hydrogen) atoms. The van der Waals surface area contributed by atoms with Crippen molar-refractivity contribution in [3.63, 3.8) is 0 Å². The third kappa shape index (κ3) is 5.54. The average Bonchev–Trinajstić information content (AvgIpc) is 3.74. The van der Waals surface area contributed by atoms with Crippen molar-refractivity contribution in [2.45, 2.75) is 6.92 Å². The summed E-state index contributed by atoms with van der Waals surface area (Å²) >= 11 is 0. The van der Waals surface area contributed by atoms with Crippen molar-refractivity contribution >= 4 is 43.9 Å². The Morgan fingerprint density at radius 1 is 0.600 bits per heavy atom. The van der Waals surface area contributed by atoms with Gasteiger partial charge in [0.2, 0.25) is 0 Å². The molecule has 0 saturated heterocycles. The lowest BCUT2D eigenvalue weighted by Gasteiger charge is -2.09. The van der Waals surface area contributed by atoms with Crippen LogP contribution in [0, 0.1) is 0 Å². The summed E-state index contributed by atoms with van der Waals surface area (Å²) in [5, 5.41) is 16.0. The van der Waals surface area contributed by atoms with E-state index in [1.807, 2.05) is 73.7 Å². The van der Waals surface area contributed by atoms with E-state index in [0.29, 0.717) is 18.1 Å². The quantitative estimate of drug-likeness (QED) is 0.213. The Morgan fingerprint density at radius 2 is 1.20 bits per heavy atom. The van der Waals surface area contributed by atoms with E-state index >= 15 is 0 Å². The fourth-order valence-electron chi connectivity index (χ4n) is 5.09. The molecule has 0 aliphatic heterocycles. The first-order valence-electron chi connectivity index (χ1n) is 14.3. The molecule has 0 aliphatic carbocycles. The number of rotatable bonds is 6. The highest BCUT2D eigenvalue weighted by Gasteiger charge is 2.10. The fraction of sp³-hybridized carbons (Fsp3) is 0.118. The molecule has 8 rings (SSSR count). The summed E-state index contributed by atoms with van der Waals surface area (Å²) in [4.78, 5) is 18.4. The van der Waals surface area contributed by atoms with Crippen molar-refractivity contribution < 1.29 is 14.2 Å². The molecule has 11 nitrogen and oxygen atoms in total. The van der Waals surface area contributed by atoms with E-state index < -0.39 is 0 Å². The number of nitrogens with one attached hydrogen (secondary N) is 2. The summed E-state index contributed by atoms with van der Waals surface area (Å²) in [6.45, 7) is 2.61. The SMILES string of the molecule is CCOc1cccc(-c2cnc3cc4cn[nH]c4cc3n2)c1.COc1ccc(-c2cnc3cc4[nH]ncc4cc3n2)cc1OC. The number of benzene rings is 4. The third-order valence-electron chi connectivity index (χ3n) is 7.32. The highest BCUT2D eigenvalue weighted by atomic mass is 16.5. The first-order chi connectivity index (χ1) is 22.1. The van der Waals surface area contributed by atoms with Crippen molar-refractivity contribution in [3.8, 4) is 39.8 Å². The van der Waals surface area contributed by atoms with Gasteiger partial charge in [0.15, 0.2) is 11.5 Å². The maximum absolute atomic E-state index is 5.54. The number of aromatic amines is 2. The van der Waals surface area contributed by atoms with Gasteiger partial charge in [-0.3, -0.25) is 20.2 Å². The number of hydrogen-bond donors (Lipinski definition) is 2. The van der Waals surface area contributed by atoms with Gasteiger partial charge in [0, 0.05) is 21.9 Å². The normalized spacial score (nSPS) is 11.1. The van der Waals surface area contributed by atoms with Gasteiger partial charge >= 0.3 is 0 Å². The Balaban J connectivity index is 0.000000145. The number of H-pyrrole nitrogens is 2. The molecule has 0 amide bonds. The Labute approximate surface area is 257 Å². The highest BCUT2D eigenvalue weighted by Crippen LogP contribution is 2.32. The molecule has 0 spiro atoms. The van der Waals surface area contributed by atoms with Crippen LogP contribution in [0.5, 0.6) is 17.2 Å². The van der Waals surface area contributed by atoms with Crippen molar-refractivity contribution in [3.05, 3.63) is 91.5 Å². The van der Waals surface area contributed by atoms with E-state index in [-0.39, 0.29) is 0 Å². The van der Waals surface area contributed by atoms with Crippen LogP contribution < -0.4 is 14.2 Å². The smallest absolute Gasteiger partial charge is 0.161 e. The van der Waals surface area contributed by atoms with E-state index in [4.69, 9.17) is 24.2 Å². The van der Waals surface area contributed by atoms with Crippen LogP contribution in [0.15, 0.2) is 91.5 Å². The first-order valence-corrected chi connectivity index (χ1v) is 14.3. The molecule has 4 aromatic carbocycles. The number of nitrogens with zero attached hydrogens (tertiary/aromatic N) is 6. The van der Waals surface area contributed by atoms with Crippen LogP contribution in [0.1, 0.15) is 6.92 Å². The Morgan fingerprint density at radius 3 is 1.87 bits per heavy atom. The van der Waals surface area contributed by atoms with Crippen LogP contribution in [0.2, 0.25) is 0 Å². The van der Waals surface area contributed by atoms with Gasteiger partial charge in [-0.25, -0.2) is 9.97 Å². The van der Waals surface area contributed by atoms with E-state index in [9.17, 15) is 0 Å². The lowest BCUT2D eigenvalue weighted by atomic mass is 10.1. The molecule has 0 atom stereocenters. The molecule has 222 valence electrons. The standard InChI is InChI=1S/C17H14N4O2.C17H14N4O/c1-22-16-4-3-10(6-17(16)23-2)15-9-18-13-7-12-11(8-19-21-12)5-14(13)20-15;1-2-22-13-5-3-4-11(6-13)17-10-18-15-7-12-9-19-21-14(12)8-16(15)20-17/h3-9H,1-2H3,(H,19,21);3-10H,2H2,1H3,(H,19,21).